The summed E-state index contributed by atoms with van der Waals surface area (Å²) < 4.78 is 1.17. The van der Waals surface area contributed by atoms with E-state index in [2.05, 4.69) is 49.9 Å². The molecule has 1 saturated heterocycles. The lowest BCUT2D eigenvalue weighted by atomic mass is 10.0. The van der Waals surface area contributed by atoms with Gasteiger partial charge in [0.25, 0.3) is 0 Å². The Balaban J connectivity index is 2.08. The number of amides is 1. The third-order valence-corrected chi connectivity index (χ3v) is 5.18. The number of carbonyl (C=O) groups is 1. The fourth-order valence-electron chi connectivity index (χ4n) is 3.08. The second-order valence-electron chi connectivity index (χ2n) is 6.03. The number of halogens is 1. The second kappa shape index (κ2) is 7.96. The van der Waals surface area contributed by atoms with Crippen molar-refractivity contribution in [3.63, 3.8) is 0 Å². The zero-order valence-electron chi connectivity index (χ0n) is 13.9. The minimum atomic E-state index is 0.0538. The van der Waals surface area contributed by atoms with Crippen molar-refractivity contribution in [2.24, 2.45) is 0 Å². The highest BCUT2D eigenvalue weighted by Crippen LogP contribution is 2.38. The smallest absolute Gasteiger partial charge is 0.224 e. The molecule has 4 nitrogen and oxygen atoms in total. The molecular formula is C19H22IN3O. The predicted molar refractivity (Wildman–Crippen MR) is 107 cm³/mol. The van der Waals surface area contributed by atoms with Crippen molar-refractivity contribution in [3.8, 4) is 11.1 Å². The summed E-state index contributed by atoms with van der Waals surface area (Å²) in [6.07, 6.45) is 5.57. The van der Waals surface area contributed by atoms with Crippen molar-refractivity contribution in [1.82, 2.24) is 4.98 Å². The summed E-state index contributed by atoms with van der Waals surface area (Å²) in [6, 6.07) is 10.2. The average Bonchev–Trinajstić information content (AvgIpc) is 3.10. The number of pyridine rings is 1. The molecule has 0 spiro atoms. The summed E-state index contributed by atoms with van der Waals surface area (Å²) in [4.78, 5) is 19.2. The Morgan fingerprint density at radius 1 is 1.21 bits per heavy atom. The second-order valence-corrected chi connectivity index (χ2v) is 7.19. The molecule has 1 aliphatic heterocycles. The Bertz CT molecular complexity index is 726. The Hall–Kier alpha value is -1.63. The van der Waals surface area contributed by atoms with E-state index in [0.717, 1.165) is 42.1 Å². The van der Waals surface area contributed by atoms with Crippen LogP contribution in [0.5, 0.6) is 0 Å². The van der Waals surface area contributed by atoms with Gasteiger partial charge in [0.05, 0.1) is 5.69 Å². The van der Waals surface area contributed by atoms with E-state index in [1.807, 2.05) is 31.3 Å². The minimum absolute atomic E-state index is 0.0538. The summed E-state index contributed by atoms with van der Waals surface area (Å²) in [5.41, 5.74) is 3.02. The third kappa shape index (κ3) is 3.71. The van der Waals surface area contributed by atoms with Crippen molar-refractivity contribution in [2.45, 2.75) is 32.6 Å². The Kier molecular flexibility index (Phi) is 5.71. The van der Waals surface area contributed by atoms with Crippen LogP contribution in [0, 0.1) is 3.57 Å². The van der Waals surface area contributed by atoms with Crippen molar-refractivity contribution in [3.05, 3.63) is 40.1 Å². The van der Waals surface area contributed by atoms with Gasteiger partial charge in [-0.25, -0.2) is 4.98 Å². The molecule has 126 valence electrons. The number of nitrogens with zero attached hydrogens (tertiary/aromatic N) is 2. The Morgan fingerprint density at radius 2 is 1.96 bits per heavy atom. The summed E-state index contributed by atoms with van der Waals surface area (Å²) in [5, 5.41) is 3.14. The van der Waals surface area contributed by atoms with Gasteiger partial charge in [-0.05, 0) is 59.5 Å². The molecule has 5 heteroatoms. The monoisotopic (exact) mass is 435 g/mol. The maximum Gasteiger partial charge on any atom is 0.224 e. The van der Waals surface area contributed by atoms with E-state index in [0.29, 0.717) is 6.42 Å². The molecule has 2 heterocycles. The number of benzene rings is 1. The van der Waals surface area contributed by atoms with Gasteiger partial charge >= 0.3 is 0 Å². The van der Waals surface area contributed by atoms with Crippen LogP contribution in [0.25, 0.3) is 11.1 Å². The van der Waals surface area contributed by atoms with Crippen LogP contribution in [0.4, 0.5) is 11.5 Å². The first-order valence-electron chi connectivity index (χ1n) is 8.49. The van der Waals surface area contributed by atoms with Gasteiger partial charge in [0.2, 0.25) is 5.91 Å². The first kappa shape index (κ1) is 17.2. The molecule has 24 heavy (non-hydrogen) atoms. The van der Waals surface area contributed by atoms with E-state index in [4.69, 9.17) is 0 Å². The molecule has 1 fully saturated rings. The summed E-state index contributed by atoms with van der Waals surface area (Å²) in [6.45, 7) is 4.02. The van der Waals surface area contributed by atoms with Crippen LogP contribution in [0.15, 0.2) is 36.5 Å². The fourth-order valence-corrected chi connectivity index (χ4v) is 3.75. The van der Waals surface area contributed by atoms with Gasteiger partial charge in [-0.2, -0.15) is 0 Å². The SMILES string of the molecule is CCCC(=O)Nc1c(-c2ccccc2I)ccnc1N1CCCC1. The third-order valence-electron chi connectivity index (χ3n) is 4.24. The van der Waals surface area contributed by atoms with Gasteiger partial charge in [0.15, 0.2) is 5.82 Å². The lowest BCUT2D eigenvalue weighted by Crippen LogP contribution is -2.22. The van der Waals surface area contributed by atoms with E-state index in [1.54, 1.807) is 0 Å². The molecule has 0 aliphatic carbocycles. The number of anilines is 2. The summed E-state index contributed by atoms with van der Waals surface area (Å²) >= 11 is 2.34. The van der Waals surface area contributed by atoms with Crippen molar-refractivity contribution < 1.29 is 4.79 Å². The summed E-state index contributed by atoms with van der Waals surface area (Å²) in [5.74, 6) is 0.951. The van der Waals surface area contributed by atoms with Gasteiger partial charge in [0.1, 0.15) is 0 Å². The standard InChI is InChI=1S/C19H22IN3O/c1-2-7-17(24)22-18-15(14-8-3-4-9-16(14)20)10-11-21-19(18)23-12-5-6-13-23/h3-4,8-11H,2,5-7,12-13H2,1H3,(H,22,24). The summed E-state index contributed by atoms with van der Waals surface area (Å²) in [7, 11) is 0. The van der Waals surface area contributed by atoms with Gasteiger partial charge in [-0.3, -0.25) is 4.79 Å². The van der Waals surface area contributed by atoms with Crippen LogP contribution in [-0.4, -0.2) is 24.0 Å². The highest BCUT2D eigenvalue weighted by Gasteiger charge is 2.22. The van der Waals surface area contributed by atoms with Crippen LogP contribution >= 0.6 is 22.6 Å². The van der Waals surface area contributed by atoms with Crippen LogP contribution in [0.3, 0.4) is 0 Å². The average molecular weight is 435 g/mol. The van der Waals surface area contributed by atoms with Gasteiger partial charge < -0.3 is 10.2 Å². The maximum absolute atomic E-state index is 12.3. The molecule has 1 amide bonds. The molecule has 0 unspecified atom stereocenters. The highest BCUT2D eigenvalue weighted by atomic mass is 127. The quantitative estimate of drug-likeness (QED) is 0.694. The van der Waals surface area contributed by atoms with Crippen LogP contribution in [-0.2, 0) is 4.79 Å². The van der Waals surface area contributed by atoms with E-state index in [-0.39, 0.29) is 5.91 Å². The lowest BCUT2D eigenvalue weighted by molar-refractivity contribution is -0.116. The molecule has 1 N–H and O–H groups in total. The Labute approximate surface area is 156 Å². The van der Waals surface area contributed by atoms with Crippen molar-refractivity contribution in [2.75, 3.05) is 23.3 Å². The lowest BCUT2D eigenvalue weighted by Gasteiger charge is -2.23. The maximum atomic E-state index is 12.3. The number of rotatable bonds is 5. The largest absolute Gasteiger partial charge is 0.355 e. The number of aromatic nitrogens is 1. The molecule has 0 saturated carbocycles. The zero-order valence-corrected chi connectivity index (χ0v) is 16.0. The van der Waals surface area contributed by atoms with E-state index >= 15 is 0 Å². The molecule has 1 aromatic heterocycles. The minimum Gasteiger partial charge on any atom is -0.355 e. The fraction of sp³-hybridized carbons (Fsp3) is 0.368. The van der Waals surface area contributed by atoms with Crippen molar-refractivity contribution >= 4 is 40.0 Å². The predicted octanol–water partition coefficient (Wildman–Crippen LogP) is 4.69. The zero-order chi connectivity index (χ0) is 16.9. The Morgan fingerprint density at radius 3 is 2.67 bits per heavy atom. The molecule has 0 atom stereocenters. The van der Waals surface area contributed by atoms with Crippen LogP contribution in [0.2, 0.25) is 0 Å². The molecule has 2 aromatic rings. The van der Waals surface area contributed by atoms with Crippen LogP contribution in [0.1, 0.15) is 32.6 Å². The molecule has 0 bridgehead atoms. The molecule has 3 rings (SSSR count). The first-order valence-corrected chi connectivity index (χ1v) is 9.57. The normalized spacial score (nSPS) is 14.0. The number of carbonyl (C=O) groups excluding carboxylic acids is 1. The molecule has 0 radical (unpaired) electrons. The number of nitrogens with one attached hydrogen (secondary N) is 1. The van der Waals surface area contributed by atoms with E-state index in [1.165, 1.54) is 16.4 Å². The topological polar surface area (TPSA) is 45.2 Å². The highest BCUT2D eigenvalue weighted by molar-refractivity contribution is 14.1. The van der Waals surface area contributed by atoms with Crippen molar-refractivity contribution in [1.29, 1.82) is 0 Å². The van der Waals surface area contributed by atoms with Gasteiger partial charge in [-0.1, -0.05) is 25.1 Å². The van der Waals surface area contributed by atoms with Crippen LogP contribution < -0.4 is 10.2 Å². The van der Waals surface area contributed by atoms with E-state index < -0.39 is 0 Å². The first-order chi connectivity index (χ1) is 11.7. The number of hydrogen-bond donors (Lipinski definition) is 1. The number of hydrogen-bond acceptors (Lipinski definition) is 3. The molecular weight excluding hydrogens is 413 g/mol. The van der Waals surface area contributed by atoms with Gasteiger partial charge in [0, 0.05) is 34.8 Å². The van der Waals surface area contributed by atoms with E-state index in [9.17, 15) is 4.79 Å². The van der Waals surface area contributed by atoms with Gasteiger partial charge in [-0.15, -0.1) is 0 Å². The molecule has 1 aromatic carbocycles. The molecule has 1 aliphatic rings.